The molecule has 2 N–H and O–H groups in total. The summed E-state index contributed by atoms with van der Waals surface area (Å²) in [4.78, 5) is 29.7. The molecule has 1 aromatic heterocycles. The highest BCUT2D eigenvalue weighted by atomic mass is 19.1. The van der Waals surface area contributed by atoms with Gasteiger partial charge in [-0.2, -0.15) is 10.1 Å². The Hall–Kier alpha value is -5.30. The summed E-state index contributed by atoms with van der Waals surface area (Å²) < 4.78 is 32.9. The summed E-state index contributed by atoms with van der Waals surface area (Å²) in [5, 5.41) is 16.6. The van der Waals surface area contributed by atoms with Crippen LogP contribution in [0, 0.1) is 15.9 Å². The van der Waals surface area contributed by atoms with Gasteiger partial charge in [-0.05, 0) is 62.7 Å². The molecule has 0 aliphatic carbocycles. The minimum atomic E-state index is -1.02. The lowest BCUT2D eigenvalue weighted by Gasteiger charge is -2.26. The Labute approximate surface area is 259 Å². The number of hydrogen-bond donors (Lipinski definition) is 1. The van der Waals surface area contributed by atoms with Gasteiger partial charge in [-0.1, -0.05) is 18.6 Å². The first-order valence-electron chi connectivity index (χ1n) is 14.5. The van der Waals surface area contributed by atoms with E-state index in [1.807, 2.05) is 0 Å². The highest BCUT2D eigenvalue weighted by molar-refractivity contribution is 5.94. The van der Waals surface area contributed by atoms with Gasteiger partial charge in [0, 0.05) is 36.3 Å². The maximum Gasteiger partial charge on any atom is 0.340 e. The maximum absolute atomic E-state index is 15.3. The SMILES string of the molecule is COc1cc2c(Oc3ccc(N(/N=C/c4ccccc4[N+](=O)[O-])C(N)=O)cc3F)ccnc2cc1OCCCN1CCCCC1. The minimum Gasteiger partial charge on any atom is -0.493 e. The van der Waals surface area contributed by atoms with E-state index in [4.69, 9.17) is 19.9 Å². The number of primary amides is 1. The van der Waals surface area contributed by atoms with E-state index in [0.29, 0.717) is 34.8 Å². The van der Waals surface area contributed by atoms with Gasteiger partial charge in [0.2, 0.25) is 0 Å². The molecule has 0 unspecified atom stereocenters. The number of nitro groups is 1. The molecule has 45 heavy (non-hydrogen) atoms. The van der Waals surface area contributed by atoms with Crippen molar-refractivity contribution >= 4 is 34.5 Å². The van der Waals surface area contributed by atoms with Gasteiger partial charge in [0.15, 0.2) is 23.1 Å². The summed E-state index contributed by atoms with van der Waals surface area (Å²) in [6.45, 7) is 3.78. The Kier molecular flexibility index (Phi) is 10.00. The number of para-hydroxylation sites is 1. The van der Waals surface area contributed by atoms with Crippen molar-refractivity contribution in [1.82, 2.24) is 9.88 Å². The topological polar surface area (TPSA) is 146 Å². The van der Waals surface area contributed by atoms with Crippen molar-refractivity contribution < 1.29 is 28.3 Å². The number of fused-ring (bicyclic) bond motifs is 1. The van der Waals surface area contributed by atoms with Crippen molar-refractivity contribution in [2.24, 2.45) is 10.8 Å². The first kappa shape index (κ1) is 31.1. The van der Waals surface area contributed by atoms with Crippen LogP contribution in [-0.4, -0.2) is 60.4 Å². The van der Waals surface area contributed by atoms with E-state index in [1.54, 1.807) is 37.6 Å². The van der Waals surface area contributed by atoms with E-state index in [1.165, 1.54) is 49.6 Å². The number of nitrogens with two attached hydrogens (primary N) is 1. The number of hydrazone groups is 1. The molecule has 0 radical (unpaired) electrons. The molecule has 2 amide bonds. The van der Waals surface area contributed by atoms with Crippen LogP contribution in [0.1, 0.15) is 31.2 Å². The van der Waals surface area contributed by atoms with Crippen LogP contribution >= 0.6 is 0 Å². The highest BCUT2D eigenvalue weighted by Gasteiger charge is 2.18. The highest BCUT2D eigenvalue weighted by Crippen LogP contribution is 2.38. The Morgan fingerprint density at radius 1 is 1.09 bits per heavy atom. The molecule has 0 spiro atoms. The predicted octanol–water partition coefficient (Wildman–Crippen LogP) is 6.26. The molecule has 4 aromatic rings. The van der Waals surface area contributed by atoms with E-state index in [9.17, 15) is 14.9 Å². The molecule has 1 aliphatic rings. The van der Waals surface area contributed by atoms with Crippen LogP contribution in [0.2, 0.25) is 0 Å². The number of carbonyl (C=O) groups excluding carboxylic acids is 1. The Morgan fingerprint density at radius 2 is 1.89 bits per heavy atom. The monoisotopic (exact) mass is 616 g/mol. The quantitative estimate of drug-likeness (QED) is 0.0850. The number of rotatable bonds is 12. The van der Waals surface area contributed by atoms with Crippen molar-refractivity contribution in [2.45, 2.75) is 25.7 Å². The maximum atomic E-state index is 15.3. The van der Waals surface area contributed by atoms with E-state index < -0.39 is 16.8 Å². The molecule has 1 aliphatic heterocycles. The molecule has 1 saturated heterocycles. The second-order valence-corrected chi connectivity index (χ2v) is 10.4. The Balaban J connectivity index is 1.32. The average Bonchev–Trinajstić information content (AvgIpc) is 3.04. The van der Waals surface area contributed by atoms with Gasteiger partial charge in [0.25, 0.3) is 5.69 Å². The molecule has 12 nitrogen and oxygen atoms in total. The summed E-state index contributed by atoms with van der Waals surface area (Å²) in [5.74, 6) is 0.433. The number of nitrogens with zero attached hydrogens (tertiary/aromatic N) is 5. The first-order chi connectivity index (χ1) is 21.8. The van der Waals surface area contributed by atoms with E-state index in [0.717, 1.165) is 43.3 Å². The third-order valence-corrected chi connectivity index (χ3v) is 7.35. The number of piperidine rings is 1. The number of nitro benzene ring substituents is 1. The molecule has 0 saturated carbocycles. The van der Waals surface area contributed by atoms with Crippen LogP contribution in [0.25, 0.3) is 10.9 Å². The molecule has 0 bridgehead atoms. The molecule has 5 rings (SSSR count). The molecule has 1 fully saturated rings. The molecule has 2 heterocycles. The molecule has 234 valence electrons. The number of methoxy groups -OCH3 is 1. The number of amides is 2. The first-order valence-corrected chi connectivity index (χ1v) is 14.5. The number of anilines is 1. The molecular weight excluding hydrogens is 583 g/mol. The van der Waals surface area contributed by atoms with Crippen LogP contribution in [0.5, 0.6) is 23.0 Å². The summed E-state index contributed by atoms with van der Waals surface area (Å²) in [6.07, 6.45) is 7.32. The van der Waals surface area contributed by atoms with Crippen LogP contribution in [0.4, 0.5) is 20.6 Å². The number of hydrogen-bond acceptors (Lipinski definition) is 9. The number of urea groups is 1. The van der Waals surface area contributed by atoms with Gasteiger partial charge in [-0.15, -0.1) is 0 Å². The molecular formula is C32H33FN6O6. The van der Waals surface area contributed by atoms with Gasteiger partial charge in [0.1, 0.15) is 5.75 Å². The fourth-order valence-electron chi connectivity index (χ4n) is 5.10. The standard InChI is InChI=1S/C32H33FN6O6/c1-43-30-19-24-26(20-31(30)44-17-7-16-37-14-5-2-6-15-37)35-13-12-28(24)45-29-11-10-23(18-25(29)33)38(32(34)40)36-21-22-8-3-4-9-27(22)39(41)42/h3-4,8-13,18-21H,2,5-7,14-17H2,1H3,(H2,34,40)/b36-21+. The normalized spacial score (nSPS) is 13.6. The number of benzene rings is 3. The second-order valence-electron chi connectivity index (χ2n) is 10.4. The van der Waals surface area contributed by atoms with Gasteiger partial charge in [0.05, 0.1) is 41.6 Å². The lowest BCUT2D eigenvalue weighted by Crippen LogP contribution is -2.31. The van der Waals surface area contributed by atoms with Crippen molar-refractivity contribution in [3.63, 3.8) is 0 Å². The number of aromatic nitrogens is 1. The number of pyridine rings is 1. The fraction of sp³-hybridized carbons (Fsp3) is 0.281. The van der Waals surface area contributed by atoms with Crippen LogP contribution in [0.15, 0.2) is 72.0 Å². The smallest absolute Gasteiger partial charge is 0.340 e. The molecule has 0 atom stereocenters. The van der Waals surface area contributed by atoms with Crippen LogP contribution in [0.3, 0.4) is 0 Å². The number of carbonyl (C=O) groups is 1. The zero-order valence-electron chi connectivity index (χ0n) is 24.7. The lowest BCUT2D eigenvalue weighted by molar-refractivity contribution is -0.385. The van der Waals surface area contributed by atoms with Crippen molar-refractivity contribution in [3.05, 3.63) is 88.4 Å². The molecule has 3 aromatic carbocycles. The van der Waals surface area contributed by atoms with E-state index in [2.05, 4.69) is 15.0 Å². The Bertz CT molecular complexity index is 1710. The van der Waals surface area contributed by atoms with Crippen molar-refractivity contribution in [2.75, 3.05) is 38.4 Å². The summed E-state index contributed by atoms with van der Waals surface area (Å²) in [6, 6.07) is 13.7. The zero-order chi connectivity index (χ0) is 31.8. The van der Waals surface area contributed by atoms with Crippen molar-refractivity contribution in [3.8, 4) is 23.0 Å². The average molecular weight is 617 g/mol. The summed E-state index contributed by atoms with van der Waals surface area (Å²) in [5.41, 5.74) is 5.96. The van der Waals surface area contributed by atoms with Gasteiger partial charge in [-0.25, -0.2) is 9.18 Å². The zero-order valence-corrected chi connectivity index (χ0v) is 24.7. The van der Waals surface area contributed by atoms with E-state index in [-0.39, 0.29) is 22.7 Å². The lowest BCUT2D eigenvalue weighted by atomic mass is 10.1. The fourth-order valence-corrected chi connectivity index (χ4v) is 5.10. The number of halogens is 1. The summed E-state index contributed by atoms with van der Waals surface area (Å²) >= 11 is 0. The van der Waals surface area contributed by atoms with Crippen LogP contribution < -0.4 is 25.0 Å². The number of likely N-dealkylation sites (tertiary alicyclic amines) is 1. The van der Waals surface area contributed by atoms with Gasteiger partial charge < -0.3 is 24.8 Å². The minimum absolute atomic E-state index is 0.00878. The van der Waals surface area contributed by atoms with Gasteiger partial charge in [-0.3, -0.25) is 15.1 Å². The number of ether oxygens (including phenoxy) is 3. The largest absolute Gasteiger partial charge is 0.493 e. The van der Waals surface area contributed by atoms with Crippen molar-refractivity contribution in [1.29, 1.82) is 0 Å². The van der Waals surface area contributed by atoms with Gasteiger partial charge >= 0.3 is 6.03 Å². The second kappa shape index (κ2) is 14.4. The van der Waals surface area contributed by atoms with E-state index >= 15 is 4.39 Å². The Morgan fingerprint density at radius 3 is 2.62 bits per heavy atom. The van der Waals surface area contributed by atoms with Crippen LogP contribution in [-0.2, 0) is 0 Å². The third-order valence-electron chi connectivity index (χ3n) is 7.35. The summed E-state index contributed by atoms with van der Waals surface area (Å²) in [7, 11) is 1.54. The third kappa shape index (κ3) is 7.62. The molecule has 13 heteroatoms. The predicted molar refractivity (Wildman–Crippen MR) is 168 cm³/mol.